The number of hydrogen-bond donors (Lipinski definition) is 4. The summed E-state index contributed by atoms with van der Waals surface area (Å²) >= 11 is 0. The highest BCUT2D eigenvalue weighted by atomic mass is 16.6. The van der Waals surface area contributed by atoms with Crippen LogP contribution in [0.3, 0.4) is 0 Å². The van der Waals surface area contributed by atoms with Crippen LogP contribution in [0.1, 0.15) is 77.7 Å². The lowest BCUT2D eigenvalue weighted by Gasteiger charge is -2.58. The summed E-state index contributed by atoms with van der Waals surface area (Å²) < 4.78 is 0. The number of amides is 2. The molecule has 3 saturated carbocycles. The molecule has 1 aromatic heterocycles. The molecule has 10 nitrogen and oxygen atoms in total. The Morgan fingerprint density at radius 1 is 1.04 bits per heavy atom. The number of nitrogens with zero attached hydrogens (tertiary/aromatic N) is 1. The van der Waals surface area contributed by atoms with Crippen molar-refractivity contribution in [3.8, 4) is 0 Å². The molecule has 6 rings (SSSR count). The zero-order valence-electron chi connectivity index (χ0n) is 27.1. The number of carbonyl (C=O) groups excluding carboxylic acids is 3. The number of H-pyrrole nitrogens is 1. The second-order valence-corrected chi connectivity index (χ2v) is 14.4. The third-order valence-corrected chi connectivity index (χ3v) is 12.0. The number of aliphatic carboxylic acids is 1. The van der Waals surface area contributed by atoms with Gasteiger partial charge >= 0.3 is 5.97 Å². The summed E-state index contributed by atoms with van der Waals surface area (Å²) in [7, 11) is 0. The van der Waals surface area contributed by atoms with Crippen molar-refractivity contribution in [2.75, 3.05) is 13.2 Å². The monoisotopic (exact) mass is 630 g/mol. The maximum absolute atomic E-state index is 12.5. The predicted molar refractivity (Wildman–Crippen MR) is 174 cm³/mol. The van der Waals surface area contributed by atoms with Crippen molar-refractivity contribution < 1.29 is 29.1 Å². The van der Waals surface area contributed by atoms with E-state index < -0.39 is 23.8 Å². The predicted octanol–water partition coefficient (Wildman–Crippen LogP) is 4.94. The third kappa shape index (κ3) is 5.98. The molecule has 0 bridgehead atoms. The fraction of sp³-hybridized carbons (Fsp3) is 0.583. The molecule has 0 unspecified atom stereocenters. The van der Waals surface area contributed by atoms with E-state index in [1.807, 2.05) is 24.3 Å². The minimum absolute atomic E-state index is 0.107. The molecule has 4 N–H and O–H groups in total. The minimum atomic E-state index is -1.16. The number of carboxylic acid groups (broad SMARTS) is 1. The highest BCUT2D eigenvalue weighted by Gasteiger charge is 2.59. The molecule has 0 saturated heterocycles. The summed E-state index contributed by atoms with van der Waals surface area (Å²) in [5.41, 5.74) is 4.20. The number of aromatic nitrogens is 1. The molecule has 3 fully saturated rings. The van der Waals surface area contributed by atoms with Gasteiger partial charge in [-0.3, -0.25) is 14.4 Å². The van der Waals surface area contributed by atoms with Crippen LogP contribution in [0.4, 0.5) is 0 Å². The Balaban J connectivity index is 0.983. The largest absolute Gasteiger partial charge is 0.480 e. The highest BCUT2D eigenvalue weighted by molar-refractivity contribution is 5.96. The molecule has 1 aromatic carbocycles. The van der Waals surface area contributed by atoms with Crippen LogP contribution >= 0.6 is 0 Å². The first-order valence-corrected chi connectivity index (χ1v) is 16.7. The maximum Gasteiger partial charge on any atom is 0.326 e. The standard InChI is InChI=1S/C36H46N4O6/c1-21(41)27-10-11-28-26-9-8-23-17-24(12-14-35(23,2)29(26)13-15-36(27,28)3)40-46-20-33(43)38-19-32(42)39-31(34(44)45)16-22-18-37-30-7-5-4-6-25(22)30/h4-7,17-18,26-29,31,37H,8-16,19-20H2,1-3H3,(H,38,43)(H,39,42)(H,44,45)/b40-24-/t26-,27+,28-,29-,31-,35-,36+/m0/s1. The van der Waals surface area contributed by atoms with Gasteiger partial charge in [-0.05, 0) is 105 Å². The molecule has 0 spiro atoms. The Kier molecular flexibility index (Phi) is 8.83. The van der Waals surface area contributed by atoms with Crippen LogP contribution in [0.15, 0.2) is 47.3 Å². The van der Waals surface area contributed by atoms with Crippen molar-refractivity contribution in [3.63, 3.8) is 0 Å². The van der Waals surface area contributed by atoms with E-state index in [-0.39, 0.29) is 36.3 Å². The number of fused-ring (bicyclic) bond motifs is 6. The molecule has 0 aliphatic heterocycles. The number of para-hydroxylation sites is 1. The zero-order valence-corrected chi connectivity index (χ0v) is 27.1. The number of hydrogen-bond acceptors (Lipinski definition) is 6. The van der Waals surface area contributed by atoms with Crippen LogP contribution in [0, 0.1) is 34.5 Å². The van der Waals surface area contributed by atoms with E-state index in [0.717, 1.165) is 60.7 Å². The van der Waals surface area contributed by atoms with E-state index in [4.69, 9.17) is 4.84 Å². The average Bonchev–Trinajstić information content (AvgIpc) is 3.60. The Morgan fingerprint density at radius 2 is 1.85 bits per heavy atom. The van der Waals surface area contributed by atoms with E-state index in [1.54, 1.807) is 13.1 Å². The van der Waals surface area contributed by atoms with E-state index in [0.29, 0.717) is 23.5 Å². The number of benzene rings is 1. The van der Waals surface area contributed by atoms with Crippen molar-refractivity contribution in [1.29, 1.82) is 0 Å². The number of nitrogens with one attached hydrogen (secondary N) is 3. The van der Waals surface area contributed by atoms with Gasteiger partial charge < -0.3 is 25.6 Å². The molecule has 1 heterocycles. The summed E-state index contributed by atoms with van der Waals surface area (Å²) in [5, 5.41) is 19.8. The molecule has 46 heavy (non-hydrogen) atoms. The smallest absolute Gasteiger partial charge is 0.326 e. The Bertz CT molecular complexity index is 1590. The number of allylic oxidation sites excluding steroid dienone is 2. The number of carboxylic acids is 1. The fourth-order valence-corrected chi connectivity index (χ4v) is 9.68. The van der Waals surface area contributed by atoms with E-state index in [2.05, 4.69) is 40.7 Å². The number of oxime groups is 1. The zero-order chi connectivity index (χ0) is 32.6. The molecule has 2 aromatic rings. The lowest BCUT2D eigenvalue weighted by atomic mass is 9.46. The van der Waals surface area contributed by atoms with Crippen molar-refractivity contribution in [3.05, 3.63) is 47.7 Å². The van der Waals surface area contributed by atoms with Crippen LogP contribution < -0.4 is 10.6 Å². The van der Waals surface area contributed by atoms with Crippen LogP contribution in [-0.4, -0.2) is 58.6 Å². The minimum Gasteiger partial charge on any atom is -0.480 e. The molecule has 4 aliphatic rings. The first-order chi connectivity index (χ1) is 22.0. The van der Waals surface area contributed by atoms with E-state index in [9.17, 15) is 24.3 Å². The molecule has 4 aliphatic carbocycles. The molecule has 2 amide bonds. The Labute approximate surface area is 269 Å². The first kappa shape index (κ1) is 32.0. The highest BCUT2D eigenvalue weighted by Crippen LogP contribution is 2.66. The quantitative estimate of drug-likeness (QED) is 0.273. The van der Waals surface area contributed by atoms with Crippen LogP contribution in [0.25, 0.3) is 10.9 Å². The van der Waals surface area contributed by atoms with Gasteiger partial charge in [0.2, 0.25) is 5.91 Å². The van der Waals surface area contributed by atoms with Crippen molar-refractivity contribution in [2.24, 2.45) is 39.7 Å². The van der Waals surface area contributed by atoms with Gasteiger partial charge in [-0.25, -0.2) is 4.79 Å². The van der Waals surface area contributed by atoms with Gasteiger partial charge in [0.25, 0.3) is 5.91 Å². The van der Waals surface area contributed by atoms with Crippen LogP contribution in [0.2, 0.25) is 0 Å². The summed E-state index contributed by atoms with van der Waals surface area (Å²) in [6.45, 7) is 5.88. The van der Waals surface area contributed by atoms with Gasteiger partial charge in [0, 0.05) is 29.4 Å². The van der Waals surface area contributed by atoms with Crippen LogP contribution in [0.5, 0.6) is 0 Å². The Morgan fingerprint density at radius 3 is 2.63 bits per heavy atom. The normalized spacial score (nSPS) is 31.6. The Hall–Kier alpha value is -3.95. The second-order valence-electron chi connectivity index (χ2n) is 14.4. The van der Waals surface area contributed by atoms with Crippen molar-refractivity contribution >= 4 is 40.2 Å². The SMILES string of the molecule is CC(=O)[C@H]1CC[C@H]2[C@@H]3CCC4=C/C(=N\OCC(=O)NCC(=O)N[C@@H](Cc5c[nH]c6ccccc56)C(=O)O)CC[C@]4(C)[C@H]3CC[C@]12C. The fourth-order valence-electron chi connectivity index (χ4n) is 9.68. The lowest BCUT2D eigenvalue weighted by molar-refractivity contribution is -0.141. The number of ketones is 1. The van der Waals surface area contributed by atoms with Crippen molar-refractivity contribution in [2.45, 2.75) is 84.6 Å². The van der Waals surface area contributed by atoms with Crippen molar-refractivity contribution in [1.82, 2.24) is 15.6 Å². The maximum atomic E-state index is 12.5. The summed E-state index contributed by atoms with van der Waals surface area (Å²) in [6, 6.07) is 6.41. The number of aromatic amines is 1. The van der Waals surface area contributed by atoms with Gasteiger partial charge in [0.15, 0.2) is 6.61 Å². The van der Waals surface area contributed by atoms with Gasteiger partial charge in [-0.1, -0.05) is 42.8 Å². The third-order valence-electron chi connectivity index (χ3n) is 12.0. The number of Topliss-reactive ketones (excluding diaryl/α,β-unsaturated/α-hetero) is 1. The number of rotatable bonds is 10. The molecular formula is C36H46N4O6. The number of carbonyl (C=O) groups is 4. The molecular weight excluding hydrogens is 584 g/mol. The summed E-state index contributed by atoms with van der Waals surface area (Å²) in [5.74, 6) is 0.238. The van der Waals surface area contributed by atoms with Gasteiger partial charge in [0.1, 0.15) is 11.8 Å². The summed E-state index contributed by atoms with van der Waals surface area (Å²) in [6.07, 6.45) is 12.5. The molecule has 0 radical (unpaired) electrons. The molecule has 7 atom stereocenters. The van der Waals surface area contributed by atoms with Gasteiger partial charge in [-0.2, -0.15) is 0 Å². The topological polar surface area (TPSA) is 150 Å². The first-order valence-electron chi connectivity index (χ1n) is 16.7. The molecule has 10 heteroatoms. The van der Waals surface area contributed by atoms with Gasteiger partial charge in [-0.15, -0.1) is 0 Å². The molecule has 246 valence electrons. The lowest BCUT2D eigenvalue weighted by Crippen LogP contribution is -2.51. The average molecular weight is 631 g/mol. The second kappa shape index (κ2) is 12.7. The summed E-state index contributed by atoms with van der Waals surface area (Å²) in [4.78, 5) is 57.6. The van der Waals surface area contributed by atoms with E-state index in [1.165, 1.54) is 18.4 Å². The van der Waals surface area contributed by atoms with Crippen LogP contribution in [-0.2, 0) is 30.4 Å². The van der Waals surface area contributed by atoms with Gasteiger partial charge in [0.05, 0.1) is 12.3 Å². The van der Waals surface area contributed by atoms with E-state index >= 15 is 0 Å².